The van der Waals surface area contributed by atoms with E-state index < -0.39 is 7.82 Å². The van der Waals surface area contributed by atoms with Crippen molar-refractivity contribution in [2.24, 2.45) is 0 Å². The Morgan fingerprint density at radius 1 is 0.938 bits per heavy atom. The number of unbranched alkanes of at least 4 members (excludes halogenated alkanes) is 5. The summed E-state index contributed by atoms with van der Waals surface area (Å²) in [5.41, 5.74) is 0. The van der Waals surface area contributed by atoms with E-state index in [4.69, 9.17) is 0 Å². The lowest BCUT2D eigenvalue weighted by Gasteiger charge is -2.28. The van der Waals surface area contributed by atoms with Gasteiger partial charge in [0, 0.05) is 0 Å². The van der Waals surface area contributed by atoms with Crippen molar-refractivity contribution in [2.45, 2.75) is 38.5 Å². The number of halogens is 1. The van der Waals surface area contributed by atoms with Crippen LogP contribution in [0.25, 0.3) is 0 Å². The van der Waals surface area contributed by atoms with E-state index in [1.54, 1.807) is 0 Å². The number of hydrogen-bond donors (Lipinski definition) is 2. The van der Waals surface area contributed by atoms with Crippen molar-refractivity contribution < 1.29 is 18.9 Å². The summed E-state index contributed by atoms with van der Waals surface area (Å²) in [5, 5.41) is 0. The van der Waals surface area contributed by atoms with E-state index >= 15 is 0 Å². The van der Waals surface area contributed by atoms with Crippen molar-refractivity contribution in [2.75, 3.05) is 11.0 Å². The van der Waals surface area contributed by atoms with Crippen LogP contribution < -0.4 is 22.1 Å². The van der Waals surface area contributed by atoms with Gasteiger partial charge in [0.05, 0.1) is 14.4 Å². The number of hydrogen-bond acceptors (Lipinski definition) is 4. The Hall–Kier alpha value is 0.760. The molecule has 0 bridgehead atoms. The highest BCUT2D eigenvalue weighted by atomic mass is 127. The molecule has 6 nitrogen and oxygen atoms in total. The van der Waals surface area contributed by atoms with E-state index in [0.717, 1.165) is 12.8 Å². The van der Waals surface area contributed by atoms with Gasteiger partial charge >= 0.3 is 0 Å². The van der Waals surface area contributed by atoms with Crippen molar-refractivity contribution in [3.8, 4) is 0 Å². The highest BCUT2D eigenvalue weighted by molar-refractivity contribution is 14.1. The summed E-state index contributed by atoms with van der Waals surface area (Å²) in [6.07, 6.45) is 6.32. The second kappa shape index (κ2) is 13.8. The molecule has 0 aromatic carbocycles. The predicted octanol–water partition coefficient (Wildman–Crippen LogP) is 2.36. The third-order valence-electron chi connectivity index (χ3n) is 1.78. The van der Waals surface area contributed by atoms with E-state index in [0.29, 0.717) is 6.42 Å². The lowest BCUT2D eigenvalue weighted by atomic mass is 10.1. The molecule has 0 unspecified atom stereocenters. The van der Waals surface area contributed by atoms with Gasteiger partial charge in [0.15, 0.2) is 0 Å². The normalized spacial score (nSPS) is 10.4. The maximum atomic E-state index is 10.1. The van der Waals surface area contributed by atoms with Crippen LogP contribution in [0.2, 0.25) is 0 Å². The molecular formula is C8H24IN2O4P. The van der Waals surface area contributed by atoms with E-state index in [2.05, 4.69) is 27.1 Å². The Kier molecular flexibility index (Phi) is 19.0. The van der Waals surface area contributed by atoms with Gasteiger partial charge in [0.25, 0.3) is 0 Å². The lowest BCUT2D eigenvalue weighted by Crippen LogP contribution is -2.16. The Labute approximate surface area is 111 Å². The van der Waals surface area contributed by atoms with Crippen LogP contribution >= 0.6 is 30.4 Å². The highest BCUT2D eigenvalue weighted by Gasteiger charge is 1.93. The third-order valence-corrected chi connectivity index (χ3v) is 3.04. The van der Waals surface area contributed by atoms with Crippen LogP contribution in [0.3, 0.4) is 0 Å². The molecule has 0 amide bonds. The van der Waals surface area contributed by atoms with Crippen molar-refractivity contribution in [3.63, 3.8) is 0 Å². The number of rotatable bonds is 9. The Bertz CT molecular complexity index is 179. The smallest absolute Gasteiger partial charge is 0.0596 e. The van der Waals surface area contributed by atoms with Crippen LogP contribution in [0.5, 0.6) is 0 Å². The summed E-state index contributed by atoms with van der Waals surface area (Å²) in [6, 6.07) is 0. The average molecular weight is 370 g/mol. The Morgan fingerprint density at radius 2 is 1.38 bits per heavy atom. The molecule has 0 saturated carbocycles. The second-order valence-electron chi connectivity index (χ2n) is 3.09. The first-order valence-electron chi connectivity index (χ1n) is 4.79. The van der Waals surface area contributed by atoms with Gasteiger partial charge in [0.1, 0.15) is 0 Å². The molecule has 8 heteroatoms. The van der Waals surface area contributed by atoms with Crippen LogP contribution in [0.15, 0.2) is 0 Å². The summed E-state index contributed by atoms with van der Waals surface area (Å²) >= 11 is 2.35. The number of phosphoric ester groups is 1. The average Bonchev–Trinajstić information content (AvgIpc) is 2.08. The van der Waals surface area contributed by atoms with Crippen LogP contribution in [0.1, 0.15) is 38.5 Å². The maximum absolute atomic E-state index is 10.1. The summed E-state index contributed by atoms with van der Waals surface area (Å²) in [4.78, 5) is 20.1. The Morgan fingerprint density at radius 3 is 1.81 bits per heavy atom. The van der Waals surface area contributed by atoms with Gasteiger partial charge in [-0.15, -0.1) is 0 Å². The first-order valence-corrected chi connectivity index (χ1v) is 7.77. The van der Waals surface area contributed by atoms with Gasteiger partial charge in [0.2, 0.25) is 0 Å². The van der Waals surface area contributed by atoms with Gasteiger partial charge < -0.3 is 31.2 Å². The molecule has 0 radical (unpaired) electrons. The highest BCUT2D eigenvalue weighted by Crippen LogP contribution is 2.24. The summed E-state index contributed by atoms with van der Waals surface area (Å²) < 4.78 is 15.3. The number of alkyl halides is 1. The van der Waals surface area contributed by atoms with E-state index in [-0.39, 0.29) is 18.9 Å². The molecule has 0 aliphatic heterocycles. The molecule has 0 fully saturated rings. The summed E-state index contributed by atoms with van der Waals surface area (Å²) in [7, 11) is -4.73. The number of phosphoric acid groups is 1. The molecule has 0 aromatic rings. The van der Waals surface area contributed by atoms with Crippen molar-refractivity contribution in [3.05, 3.63) is 0 Å². The van der Waals surface area contributed by atoms with E-state index in [1.165, 1.54) is 23.7 Å². The standard InChI is InChI=1S/C8H18IO4P.2H3N/c9-7-5-3-1-2-4-6-8-13-14(10,11)12;;/h1-8H2,(H2,10,11,12);2*1H3. The monoisotopic (exact) mass is 370 g/mol. The zero-order chi connectivity index (χ0) is 10.9. The van der Waals surface area contributed by atoms with Crippen molar-refractivity contribution >= 4 is 30.4 Å². The first-order chi connectivity index (χ1) is 6.56. The molecule has 0 rings (SSSR count). The van der Waals surface area contributed by atoms with Gasteiger partial charge in [-0.2, -0.15) is 0 Å². The van der Waals surface area contributed by atoms with Crippen LogP contribution in [-0.2, 0) is 9.09 Å². The molecule has 0 aliphatic rings. The predicted molar refractivity (Wildman–Crippen MR) is 72.1 cm³/mol. The minimum absolute atomic E-state index is 0. The minimum atomic E-state index is -4.73. The second-order valence-corrected chi connectivity index (χ2v) is 5.32. The molecule has 8 N–H and O–H groups in total. The van der Waals surface area contributed by atoms with Crippen LogP contribution in [0, 0.1) is 0 Å². The topological polar surface area (TPSA) is 145 Å². The summed E-state index contributed by atoms with van der Waals surface area (Å²) in [6.45, 7) is 0.0383. The van der Waals surface area contributed by atoms with Gasteiger partial charge in [-0.1, -0.05) is 48.3 Å². The molecule has 16 heavy (non-hydrogen) atoms. The van der Waals surface area contributed by atoms with Crippen LogP contribution in [-0.4, -0.2) is 11.0 Å². The van der Waals surface area contributed by atoms with Crippen molar-refractivity contribution in [1.82, 2.24) is 12.3 Å². The zero-order valence-electron chi connectivity index (χ0n) is 10.1. The van der Waals surface area contributed by atoms with Gasteiger partial charge in [-0.3, -0.25) is 0 Å². The molecule has 0 spiro atoms. The first kappa shape index (κ1) is 22.0. The molecular weight excluding hydrogens is 346 g/mol. The molecule has 0 atom stereocenters. The van der Waals surface area contributed by atoms with Gasteiger partial charge in [-0.05, 0) is 17.3 Å². The summed E-state index contributed by atoms with van der Waals surface area (Å²) in [5.74, 6) is 0. The third kappa shape index (κ3) is 20.2. The fourth-order valence-corrected chi connectivity index (χ4v) is 1.97. The maximum Gasteiger partial charge on any atom is 0.0596 e. The largest absolute Gasteiger partial charge is 0.790 e. The quantitative estimate of drug-likeness (QED) is 0.278. The molecule has 102 valence electrons. The van der Waals surface area contributed by atoms with Crippen LogP contribution in [0.4, 0.5) is 0 Å². The molecule has 0 heterocycles. The molecule has 0 aromatic heterocycles. The minimum Gasteiger partial charge on any atom is -0.790 e. The fourth-order valence-electron chi connectivity index (χ4n) is 1.08. The fraction of sp³-hybridized carbons (Fsp3) is 1.00. The molecule has 0 saturated heterocycles. The van der Waals surface area contributed by atoms with E-state index in [9.17, 15) is 14.4 Å². The molecule has 0 aliphatic carbocycles. The van der Waals surface area contributed by atoms with Crippen molar-refractivity contribution in [1.29, 1.82) is 0 Å². The number of quaternary nitrogens is 2. The Balaban J connectivity index is -0.000000845. The zero-order valence-corrected chi connectivity index (χ0v) is 13.2. The van der Waals surface area contributed by atoms with E-state index in [1.807, 2.05) is 0 Å². The SMILES string of the molecule is O=P([O-])([O-])OCCCCCCCCI.[NH4+].[NH4+]. The van der Waals surface area contributed by atoms with Gasteiger partial charge in [-0.25, -0.2) is 0 Å². The lowest BCUT2D eigenvalue weighted by molar-refractivity contribution is -0.341.